The van der Waals surface area contributed by atoms with Gasteiger partial charge in [-0.2, -0.15) is 5.26 Å². The average molecular weight is 201 g/mol. The summed E-state index contributed by atoms with van der Waals surface area (Å²) in [5.41, 5.74) is 1.70. The molecule has 2 rings (SSSR count). The van der Waals surface area contributed by atoms with Gasteiger partial charge in [0, 0.05) is 18.8 Å². The maximum absolute atomic E-state index is 8.75. The molecular formula is C12H15N3. The third kappa shape index (κ3) is 2.54. The Balaban J connectivity index is 2.05. The minimum Gasteiger partial charge on any atom is -0.296 e. The monoisotopic (exact) mass is 201 g/mol. The summed E-state index contributed by atoms with van der Waals surface area (Å²) in [5.74, 6) is 0. The molecule has 1 fully saturated rings. The normalized spacial score (nSPS) is 15.3. The number of pyridine rings is 1. The average Bonchev–Trinajstić information content (AvgIpc) is 3.10. The van der Waals surface area contributed by atoms with Gasteiger partial charge in [-0.15, -0.1) is 0 Å². The lowest BCUT2D eigenvalue weighted by atomic mass is 10.2. The molecule has 1 aromatic rings. The van der Waals surface area contributed by atoms with Crippen LogP contribution < -0.4 is 0 Å². The lowest BCUT2D eigenvalue weighted by molar-refractivity contribution is 0.269. The molecule has 0 unspecified atom stereocenters. The first-order chi connectivity index (χ1) is 7.33. The van der Waals surface area contributed by atoms with Crippen molar-refractivity contribution in [1.82, 2.24) is 9.88 Å². The van der Waals surface area contributed by atoms with Gasteiger partial charge in [-0.1, -0.05) is 6.92 Å². The van der Waals surface area contributed by atoms with E-state index in [0.717, 1.165) is 19.1 Å². The van der Waals surface area contributed by atoms with Gasteiger partial charge in [0.15, 0.2) is 0 Å². The third-order valence-corrected chi connectivity index (χ3v) is 2.79. The van der Waals surface area contributed by atoms with Crippen LogP contribution in [0.3, 0.4) is 0 Å². The number of hydrogen-bond donors (Lipinski definition) is 0. The van der Waals surface area contributed by atoms with Crippen molar-refractivity contribution in [3.8, 4) is 6.07 Å². The summed E-state index contributed by atoms with van der Waals surface area (Å²) in [7, 11) is 0. The van der Waals surface area contributed by atoms with Crippen molar-refractivity contribution in [3.63, 3.8) is 0 Å². The molecule has 3 nitrogen and oxygen atoms in total. The molecular weight excluding hydrogens is 186 g/mol. The van der Waals surface area contributed by atoms with Gasteiger partial charge in [-0.3, -0.25) is 4.90 Å². The zero-order valence-electron chi connectivity index (χ0n) is 8.98. The minimum absolute atomic E-state index is 0.513. The number of rotatable bonds is 4. The maximum Gasteiger partial charge on any atom is 0.140 e. The van der Waals surface area contributed by atoms with Crippen molar-refractivity contribution in [2.24, 2.45) is 0 Å². The van der Waals surface area contributed by atoms with Crippen LogP contribution in [0.15, 0.2) is 18.3 Å². The summed E-state index contributed by atoms with van der Waals surface area (Å²) in [6.45, 7) is 4.21. The molecule has 1 aliphatic rings. The summed E-state index contributed by atoms with van der Waals surface area (Å²) in [5, 5.41) is 8.75. The fourth-order valence-electron chi connectivity index (χ4n) is 1.81. The summed E-state index contributed by atoms with van der Waals surface area (Å²) in [6.07, 6.45) is 4.36. The second-order valence-electron chi connectivity index (χ2n) is 3.96. The highest BCUT2D eigenvalue weighted by Crippen LogP contribution is 2.27. The van der Waals surface area contributed by atoms with Crippen molar-refractivity contribution in [1.29, 1.82) is 5.26 Å². The van der Waals surface area contributed by atoms with Crippen LogP contribution in [0.2, 0.25) is 0 Å². The molecule has 78 valence electrons. The first-order valence-corrected chi connectivity index (χ1v) is 5.42. The van der Waals surface area contributed by atoms with Gasteiger partial charge < -0.3 is 0 Å². The highest BCUT2D eigenvalue weighted by atomic mass is 15.2. The lowest BCUT2D eigenvalue weighted by Crippen LogP contribution is -2.25. The number of nitrogens with zero attached hydrogens (tertiary/aromatic N) is 3. The molecule has 0 N–H and O–H groups in total. The van der Waals surface area contributed by atoms with E-state index in [1.807, 2.05) is 12.1 Å². The van der Waals surface area contributed by atoms with Crippen LogP contribution >= 0.6 is 0 Å². The lowest BCUT2D eigenvalue weighted by Gasteiger charge is -2.19. The van der Waals surface area contributed by atoms with E-state index in [4.69, 9.17) is 5.26 Å². The fourth-order valence-corrected chi connectivity index (χ4v) is 1.81. The second kappa shape index (κ2) is 4.41. The molecule has 0 amide bonds. The summed E-state index contributed by atoms with van der Waals surface area (Å²) in [4.78, 5) is 6.43. The van der Waals surface area contributed by atoms with Gasteiger partial charge in [0.05, 0.1) is 0 Å². The van der Waals surface area contributed by atoms with Gasteiger partial charge in [0.2, 0.25) is 0 Å². The molecule has 15 heavy (non-hydrogen) atoms. The SMILES string of the molecule is CCN(Cc1ccnc(C#N)c1)C1CC1. The van der Waals surface area contributed by atoms with Crippen LogP contribution in [0.4, 0.5) is 0 Å². The zero-order chi connectivity index (χ0) is 10.7. The van der Waals surface area contributed by atoms with Crippen molar-refractivity contribution in [3.05, 3.63) is 29.6 Å². The Morgan fingerprint density at radius 1 is 1.60 bits per heavy atom. The largest absolute Gasteiger partial charge is 0.296 e. The molecule has 1 aromatic heterocycles. The van der Waals surface area contributed by atoms with Crippen LogP contribution in [0.1, 0.15) is 31.0 Å². The van der Waals surface area contributed by atoms with E-state index >= 15 is 0 Å². The number of nitriles is 1. The molecule has 0 bridgehead atoms. The van der Waals surface area contributed by atoms with Crippen molar-refractivity contribution in [2.75, 3.05) is 6.54 Å². The van der Waals surface area contributed by atoms with Gasteiger partial charge >= 0.3 is 0 Å². The Hall–Kier alpha value is -1.40. The van der Waals surface area contributed by atoms with Gasteiger partial charge in [0.25, 0.3) is 0 Å². The molecule has 0 spiro atoms. The molecule has 0 atom stereocenters. The topological polar surface area (TPSA) is 39.9 Å². The number of aromatic nitrogens is 1. The van der Waals surface area contributed by atoms with E-state index in [1.54, 1.807) is 6.20 Å². The van der Waals surface area contributed by atoms with Crippen LogP contribution in [-0.2, 0) is 6.54 Å². The predicted molar refractivity (Wildman–Crippen MR) is 58.1 cm³/mol. The van der Waals surface area contributed by atoms with Crippen LogP contribution in [0.5, 0.6) is 0 Å². The summed E-state index contributed by atoms with van der Waals surface area (Å²) >= 11 is 0. The maximum atomic E-state index is 8.75. The van der Waals surface area contributed by atoms with Crippen LogP contribution in [0.25, 0.3) is 0 Å². The van der Waals surface area contributed by atoms with Crippen LogP contribution in [-0.4, -0.2) is 22.5 Å². The predicted octanol–water partition coefficient (Wildman–Crippen LogP) is 1.94. The van der Waals surface area contributed by atoms with Gasteiger partial charge in [-0.05, 0) is 37.1 Å². The molecule has 1 heterocycles. The Bertz CT molecular complexity index is 377. The molecule has 0 saturated heterocycles. The Kier molecular flexibility index (Phi) is 2.98. The third-order valence-electron chi connectivity index (χ3n) is 2.79. The second-order valence-corrected chi connectivity index (χ2v) is 3.96. The van der Waals surface area contributed by atoms with Crippen molar-refractivity contribution >= 4 is 0 Å². The molecule has 0 radical (unpaired) electrons. The standard InChI is InChI=1S/C12H15N3/c1-2-15(12-3-4-12)9-10-5-6-14-11(7-10)8-13/h5-7,12H,2-4,9H2,1H3. The van der Waals surface area contributed by atoms with Gasteiger partial charge in [0.1, 0.15) is 11.8 Å². The first kappa shape index (κ1) is 10.1. The molecule has 1 aliphatic carbocycles. The minimum atomic E-state index is 0.513. The van der Waals surface area contributed by atoms with Crippen molar-refractivity contribution in [2.45, 2.75) is 32.4 Å². The Morgan fingerprint density at radius 2 is 2.40 bits per heavy atom. The van der Waals surface area contributed by atoms with E-state index in [9.17, 15) is 0 Å². The van der Waals surface area contributed by atoms with E-state index in [0.29, 0.717) is 5.69 Å². The summed E-state index contributed by atoms with van der Waals surface area (Å²) in [6, 6.07) is 6.72. The van der Waals surface area contributed by atoms with E-state index in [-0.39, 0.29) is 0 Å². The summed E-state index contributed by atoms with van der Waals surface area (Å²) < 4.78 is 0. The zero-order valence-corrected chi connectivity index (χ0v) is 8.98. The number of hydrogen-bond acceptors (Lipinski definition) is 3. The Morgan fingerprint density at radius 3 is 3.00 bits per heavy atom. The van der Waals surface area contributed by atoms with E-state index in [2.05, 4.69) is 22.9 Å². The van der Waals surface area contributed by atoms with E-state index in [1.165, 1.54) is 18.4 Å². The molecule has 3 heteroatoms. The van der Waals surface area contributed by atoms with Crippen molar-refractivity contribution < 1.29 is 0 Å². The molecule has 1 saturated carbocycles. The fraction of sp³-hybridized carbons (Fsp3) is 0.500. The molecule has 0 aliphatic heterocycles. The highest BCUT2D eigenvalue weighted by Gasteiger charge is 2.27. The van der Waals surface area contributed by atoms with Crippen LogP contribution in [0, 0.1) is 11.3 Å². The first-order valence-electron chi connectivity index (χ1n) is 5.42. The van der Waals surface area contributed by atoms with E-state index < -0.39 is 0 Å². The Labute approximate surface area is 90.4 Å². The quantitative estimate of drug-likeness (QED) is 0.747. The smallest absolute Gasteiger partial charge is 0.140 e. The molecule has 0 aromatic carbocycles. The van der Waals surface area contributed by atoms with Gasteiger partial charge in [-0.25, -0.2) is 4.98 Å². The highest BCUT2D eigenvalue weighted by molar-refractivity contribution is 5.25.